The predicted molar refractivity (Wildman–Crippen MR) is 113 cm³/mol. The number of aromatic hydroxyl groups is 1. The fourth-order valence-electron chi connectivity index (χ4n) is 3.65. The number of Topliss-reactive ketones (excluding diaryl/α,β-unsaturated/α-hetero) is 1. The number of hydrogen-bond acceptors (Lipinski definition) is 6. The summed E-state index contributed by atoms with van der Waals surface area (Å²) in [7, 11) is 0. The van der Waals surface area contributed by atoms with Crippen molar-refractivity contribution in [2.75, 3.05) is 6.61 Å². The van der Waals surface area contributed by atoms with Crippen LogP contribution in [0, 0.1) is 18.3 Å². The summed E-state index contributed by atoms with van der Waals surface area (Å²) in [5, 5.41) is 20.4. The Labute approximate surface area is 178 Å². The molecule has 1 atom stereocenters. The zero-order valence-corrected chi connectivity index (χ0v) is 16.9. The second-order valence-electron chi connectivity index (χ2n) is 7.23. The lowest BCUT2D eigenvalue weighted by Gasteiger charge is -2.26. The average molecular weight is 416 g/mol. The lowest BCUT2D eigenvalue weighted by atomic mass is 9.98. The minimum absolute atomic E-state index is 0.0419. The van der Waals surface area contributed by atoms with Crippen LogP contribution >= 0.6 is 0 Å². The minimum Gasteiger partial charge on any atom is -0.494 e. The standard InChI is InChI=1S/C24H20N2O5/c1-15-17(13-25)23(28)26(12-11-16-7-3-2-4-8-16)24(29)21(15)22(27)20-14-30-18-9-5-6-10-19(18)31-20/h2-10,20,29H,11-12,14H2,1H3. The SMILES string of the molecule is Cc1c(C(=O)C2COc3ccccc3O2)c(O)n(CCc2ccccc2)c(=O)c1C#N. The quantitative estimate of drug-likeness (QED) is 0.642. The van der Waals surface area contributed by atoms with Crippen LogP contribution in [0.4, 0.5) is 0 Å². The first-order valence-electron chi connectivity index (χ1n) is 9.84. The van der Waals surface area contributed by atoms with E-state index in [4.69, 9.17) is 9.47 Å². The Kier molecular flexibility index (Phi) is 5.46. The molecule has 0 fully saturated rings. The Balaban J connectivity index is 1.71. The summed E-state index contributed by atoms with van der Waals surface area (Å²) in [6.07, 6.45) is -0.558. The number of benzene rings is 2. The van der Waals surface area contributed by atoms with Gasteiger partial charge in [-0.25, -0.2) is 0 Å². The topological polar surface area (TPSA) is 102 Å². The zero-order chi connectivity index (χ0) is 22.0. The van der Waals surface area contributed by atoms with Crippen LogP contribution in [0.1, 0.15) is 27.0 Å². The van der Waals surface area contributed by atoms with Crippen LogP contribution in [-0.2, 0) is 13.0 Å². The van der Waals surface area contributed by atoms with E-state index in [0.29, 0.717) is 17.9 Å². The van der Waals surface area contributed by atoms with Crippen molar-refractivity contribution in [1.82, 2.24) is 4.57 Å². The molecule has 0 amide bonds. The summed E-state index contributed by atoms with van der Waals surface area (Å²) in [5.41, 5.74) is 0.189. The molecular weight excluding hydrogens is 396 g/mol. The summed E-state index contributed by atoms with van der Waals surface area (Å²) in [4.78, 5) is 26.1. The number of hydrogen-bond donors (Lipinski definition) is 1. The maximum Gasteiger partial charge on any atom is 0.271 e. The highest BCUT2D eigenvalue weighted by molar-refractivity contribution is 6.03. The number of pyridine rings is 1. The fraction of sp³-hybridized carbons (Fsp3) is 0.208. The second kappa shape index (κ2) is 8.36. The van der Waals surface area contributed by atoms with Crippen LogP contribution in [0.3, 0.4) is 0 Å². The Bertz CT molecular complexity index is 1240. The van der Waals surface area contributed by atoms with Gasteiger partial charge in [0.2, 0.25) is 11.7 Å². The Morgan fingerprint density at radius 1 is 1.16 bits per heavy atom. The fourth-order valence-corrected chi connectivity index (χ4v) is 3.65. The second-order valence-corrected chi connectivity index (χ2v) is 7.23. The first-order chi connectivity index (χ1) is 15.0. The van der Waals surface area contributed by atoms with E-state index < -0.39 is 23.3 Å². The van der Waals surface area contributed by atoms with E-state index in [1.54, 1.807) is 24.3 Å². The smallest absolute Gasteiger partial charge is 0.271 e. The molecule has 0 spiro atoms. The minimum atomic E-state index is -1.01. The van der Waals surface area contributed by atoms with Gasteiger partial charge in [-0.15, -0.1) is 0 Å². The van der Waals surface area contributed by atoms with E-state index in [9.17, 15) is 20.0 Å². The van der Waals surface area contributed by atoms with E-state index in [-0.39, 0.29) is 29.8 Å². The summed E-state index contributed by atoms with van der Waals surface area (Å²) >= 11 is 0. The number of aromatic nitrogens is 1. The molecule has 31 heavy (non-hydrogen) atoms. The first-order valence-corrected chi connectivity index (χ1v) is 9.84. The molecule has 7 nitrogen and oxygen atoms in total. The van der Waals surface area contributed by atoms with E-state index >= 15 is 0 Å². The van der Waals surface area contributed by atoms with Crippen molar-refractivity contribution < 1.29 is 19.4 Å². The molecule has 2 heterocycles. The highest BCUT2D eigenvalue weighted by Gasteiger charge is 2.33. The number of nitrogens with zero attached hydrogens (tertiary/aromatic N) is 2. The number of para-hydroxylation sites is 2. The average Bonchev–Trinajstić information content (AvgIpc) is 2.79. The molecule has 3 aromatic rings. The highest BCUT2D eigenvalue weighted by Crippen LogP contribution is 2.33. The molecule has 0 radical (unpaired) electrons. The van der Waals surface area contributed by atoms with Gasteiger partial charge >= 0.3 is 0 Å². The molecule has 1 aliphatic rings. The van der Waals surface area contributed by atoms with Crippen LogP contribution in [0.15, 0.2) is 59.4 Å². The van der Waals surface area contributed by atoms with Crippen LogP contribution < -0.4 is 15.0 Å². The normalized spacial score (nSPS) is 14.6. The van der Waals surface area contributed by atoms with Crippen molar-refractivity contribution >= 4 is 5.78 Å². The van der Waals surface area contributed by atoms with E-state index in [1.807, 2.05) is 36.4 Å². The summed E-state index contributed by atoms with van der Waals surface area (Å²) in [6, 6.07) is 18.3. The number of ether oxygens (including phenoxy) is 2. The summed E-state index contributed by atoms with van der Waals surface area (Å²) in [5.74, 6) is -0.0699. The van der Waals surface area contributed by atoms with Gasteiger partial charge in [0.1, 0.15) is 18.2 Å². The lowest BCUT2D eigenvalue weighted by molar-refractivity contribution is 0.0581. The summed E-state index contributed by atoms with van der Waals surface area (Å²) < 4.78 is 12.5. The van der Waals surface area contributed by atoms with Gasteiger partial charge in [0.15, 0.2) is 17.6 Å². The van der Waals surface area contributed by atoms with Crippen LogP contribution in [0.2, 0.25) is 0 Å². The third-order valence-corrected chi connectivity index (χ3v) is 5.31. The molecule has 1 aliphatic heterocycles. The molecular formula is C24H20N2O5. The van der Waals surface area contributed by atoms with Gasteiger partial charge in [-0.1, -0.05) is 42.5 Å². The number of fused-ring (bicyclic) bond motifs is 1. The Hall–Kier alpha value is -4.05. The van der Waals surface area contributed by atoms with Gasteiger partial charge in [0, 0.05) is 6.54 Å². The number of rotatable bonds is 5. The molecule has 1 N–H and O–H groups in total. The van der Waals surface area contributed by atoms with Crippen LogP contribution in [-0.4, -0.2) is 28.2 Å². The molecule has 1 unspecified atom stereocenters. The van der Waals surface area contributed by atoms with E-state index in [1.165, 1.54) is 6.92 Å². The monoisotopic (exact) mass is 416 g/mol. The number of carbonyl (C=O) groups excluding carboxylic acids is 1. The predicted octanol–water partition coefficient (Wildman–Crippen LogP) is 3.00. The van der Waals surface area contributed by atoms with Crippen molar-refractivity contribution in [3.8, 4) is 23.4 Å². The Morgan fingerprint density at radius 2 is 1.84 bits per heavy atom. The molecule has 156 valence electrons. The number of aryl methyl sites for hydroxylation is 1. The van der Waals surface area contributed by atoms with Gasteiger partial charge in [-0.2, -0.15) is 5.26 Å². The van der Waals surface area contributed by atoms with Crippen LogP contribution in [0.25, 0.3) is 0 Å². The lowest BCUT2D eigenvalue weighted by Crippen LogP contribution is -2.38. The third-order valence-electron chi connectivity index (χ3n) is 5.31. The first kappa shape index (κ1) is 20.2. The molecule has 4 rings (SSSR count). The molecule has 0 aliphatic carbocycles. The number of ketones is 1. The third kappa shape index (κ3) is 3.76. The van der Waals surface area contributed by atoms with Gasteiger partial charge < -0.3 is 14.6 Å². The van der Waals surface area contributed by atoms with Gasteiger partial charge in [-0.3, -0.25) is 14.2 Å². The van der Waals surface area contributed by atoms with Gasteiger partial charge in [0.05, 0.1) is 5.56 Å². The van der Waals surface area contributed by atoms with Gasteiger partial charge in [0.25, 0.3) is 5.56 Å². The van der Waals surface area contributed by atoms with Crippen molar-refractivity contribution in [1.29, 1.82) is 5.26 Å². The maximum atomic E-state index is 13.3. The zero-order valence-electron chi connectivity index (χ0n) is 16.9. The van der Waals surface area contributed by atoms with E-state index in [0.717, 1.165) is 10.1 Å². The van der Waals surface area contributed by atoms with Crippen molar-refractivity contribution in [2.24, 2.45) is 0 Å². The van der Waals surface area contributed by atoms with Crippen LogP contribution in [0.5, 0.6) is 17.4 Å². The molecule has 0 saturated carbocycles. The molecule has 0 saturated heterocycles. The largest absolute Gasteiger partial charge is 0.494 e. The molecule has 1 aromatic heterocycles. The molecule has 2 aromatic carbocycles. The molecule has 0 bridgehead atoms. The number of carbonyl (C=O) groups is 1. The Morgan fingerprint density at radius 3 is 2.55 bits per heavy atom. The maximum absolute atomic E-state index is 13.3. The number of nitriles is 1. The molecule has 7 heteroatoms. The van der Waals surface area contributed by atoms with Gasteiger partial charge in [-0.05, 0) is 36.6 Å². The van der Waals surface area contributed by atoms with E-state index in [2.05, 4.69) is 0 Å². The van der Waals surface area contributed by atoms with Crippen molar-refractivity contribution in [3.63, 3.8) is 0 Å². The van der Waals surface area contributed by atoms with Crippen molar-refractivity contribution in [3.05, 3.63) is 87.2 Å². The van der Waals surface area contributed by atoms with Crippen molar-refractivity contribution in [2.45, 2.75) is 26.0 Å². The highest BCUT2D eigenvalue weighted by atomic mass is 16.6. The summed E-state index contributed by atoms with van der Waals surface area (Å²) in [6.45, 7) is 1.56.